The lowest BCUT2D eigenvalue weighted by molar-refractivity contribution is -0.137. The summed E-state index contributed by atoms with van der Waals surface area (Å²) in [7, 11) is 0. The normalized spacial score (nSPS) is 10.2. The van der Waals surface area contributed by atoms with Gasteiger partial charge in [0.15, 0.2) is 5.13 Å². The lowest BCUT2D eigenvalue weighted by Crippen LogP contribution is -2.05. The number of carboxylic acid groups (broad SMARTS) is 1. The van der Waals surface area contributed by atoms with Gasteiger partial charge in [0.05, 0.1) is 5.69 Å². The number of carboxylic acids is 1. The number of aromatic nitrogens is 1. The van der Waals surface area contributed by atoms with Crippen LogP contribution in [0.1, 0.15) is 18.5 Å². The van der Waals surface area contributed by atoms with Gasteiger partial charge in [0, 0.05) is 24.8 Å². The summed E-state index contributed by atoms with van der Waals surface area (Å²) in [5.41, 5.74) is 6.39. The molecule has 4 N–H and O–H groups in total. The minimum atomic E-state index is -0.764. The standard InChI is InChI=1S/C9H15N3O2S/c10-4-3-7-6-15-9(12-7)11-5-1-2-8(13)14/h6H,1-5,10H2,(H,11,12)(H,13,14). The van der Waals surface area contributed by atoms with Crippen molar-refractivity contribution in [3.8, 4) is 0 Å². The number of nitrogens with two attached hydrogens (primary N) is 1. The van der Waals surface area contributed by atoms with Crippen molar-refractivity contribution in [3.63, 3.8) is 0 Å². The van der Waals surface area contributed by atoms with Gasteiger partial charge < -0.3 is 16.2 Å². The molecule has 0 aliphatic rings. The molecule has 0 saturated heterocycles. The van der Waals surface area contributed by atoms with Gasteiger partial charge in [-0.15, -0.1) is 11.3 Å². The molecule has 1 aromatic rings. The van der Waals surface area contributed by atoms with Crippen LogP contribution < -0.4 is 11.1 Å². The maximum absolute atomic E-state index is 10.2. The number of hydrogen-bond acceptors (Lipinski definition) is 5. The Morgan fingerprint density at radius 3 is 3.13 bits per heavy atom. The van der Waals surface area contributed by atoms with E-state index in [9.17, 15) is 4.79 Å². The Balaban J connectivity index is 2.22. The minimum Gasteiger partial charge on any atom is -0.481 e. The highest BCUT2D eigenvalue weighted by atomic mass is 32.1. The lowest BCUT2D eigenvalue weighted by atomic mass is 10.3. The van der Waals surface area contributed by atoms with Crippen LogP contribution in [0.15, 0.2) is 5.38 Å². The van der Waals surface area contributed by atoms with Crippen LogP contribution >= 0.6 is 11.3 Å². The molecule has 0 radical (unpaired) electrons. The SMILES string of the molecule is NCCc1csc(NCCCC(=O)O)n1. The largest absolute Gasteiger partial charge is 0.481 e. The van der Waals surface area contributed by atoms with Crippen molar-refractivity contribution in [2.24, 2.45) is 5.73 Å². The maximum Gasteiger partial charge on any atom is 0.303 e. The number of aliphatic carboxylic acids is 1. The van der Waals surface area contributed by atoms with Gasteiger partial charge in [-0.3, -0.25) is 4.79 Å². The van der Waals surface area contributed by atoms with Crippen LogP contribution in [0.5, 0.6) is 0 Å². The quantitative estimate of drug-likeness (QED) is 0.605. The monoisotopic (exact) mass is 229 g/mol. The van der Waals surface area contributed by atoms with E-state index < -0.39 is 5.97 Å². The molecule has 0 fully saturated rings. The molecule has 1 heterocycles. The summed E-state index contributed by atoms with van der Waals surface area (Å²) in [5, 5.41) is 14.3. The van der Waals surface area contributed by atoms with Crippen molar-refractivity contribution in [2.45, 2.75) is 19.3 Å². The van der Waals surface area contributed by atoms with E-state index >= 15 is 0 Å². The van der Waals surface area contributed by atoms with Crippen LogP contribution in [0.2, 0.25) is 0 Å². The molecule has 0 saturated carbocycles. The first-order chi connectivity index (χ1) is 7.22. The molecule has 0 amide bonds. The summed E-state index contributed by atoms with van der Waals surface area (Å²) in [6.07, 6.45) is 1.59. The lowest BCUT2D eigenvalue weighted by Gasteiger charge is -1.99. The second-order valence-electron chi connectivity index (χ2n) is 3.11. The van der Waals surface area contributed by atoms with Crippen LogP contribution in [0.4, 0.5) is 5.13 Å². The van der Waals surface area contributed by atoms with Crippen LogP contribution in [0.25, 0.3) is 0 Å². The molecule has 0 atom stereocenters. The van der Waals surface area contributed by atoms with Gasteiger partial charge in [-0.05, 0) is 13.0 Å². The molecule has 0 unspecified atom stereocenters. The zero-order chi connectivity index (χ0) is 11.1. The Hall–Kier alpha value is -1.14. The van der Waals surface area contributed by atoms with Gasteiger partial charge in [0.1, 0.15) is 0 Å². The van der Waals surface area contributed by atoms with Crippen LogP contribution in [0, 0.1) is 0 Å². The molecular formula is C9H15N3O2S. The Morgan fingerprint density at radius 1 is 1.67 bits per heavy atom. The summed E-state index contributed by atoms with van der Waals surface area (Å²) in [6, 6.07) is 0. The molecule has 15 heavy (non-hydrogen) atoms. The van der Waals surface area contributed by atoms with Gasteiger partial charge >= 0.3 is 5.97 Å². The summed E-state index contributed by atoms with van der Waals surface area (Å²) < 4.78 is 0. The highest BCUT2D eigenvalue weighted by Crippen LogP contribution is 2.15. The zero-order valence-corrected chi connectivity index (χ0v) is 9.22. The van der Waals surface area contributed by atoms with E-state index in [0.29, 0.717) is 19.5 Å². The van der Waals surface area contributed by atoms with Gasteiger partial charge in [0.25, 0.3) is 0 Å². The van der Waals surface area contributed by atoms with E-state index in [-0.39, 0.29) is 6.42 Å². The molecule has 0 aliphatic heterocycles. The Bertz CT molecular complexity index is 314. The van der Waals surface area contributed by atoms with Gasteiger partial charge in [-0.2, -0.15) is 0 Å². The smallest absolute Gasteiger partial charge is 0.303 e. The Morgan fingerprint density at radius 2 is 2.47 bits per heavy atom. The number of anilines is 1. The highest BCUT2D eigenvalue weighted by Gasteiger charge is 2.01. The van der Waals surface area contributed by atoms with Gasteiger partial charge in [-0.1, -0.05) is 0 Å². The third-order valence-corrected chi connectivity index (χ3v) is 2.64. The van der Waals surface area contributed by atoms with Crippen molar-refractivity contribution in [3.05, 3.63) is 11.1 Å². The molecule has 84 valence electrons. The van der Waals surface area contributed by atoms with Gasteiger partial charge in [0.2, 0.25) is 0 Å². The van der Waals surface area contributed by atoms with Crippen molar-refractivity contribution in [2.75, 3.05) is 18.4 Å². The number of hydrogen-bond donors (Lipinski definition) is 3. The average molecular weight is 229 g/mol. The van der Waals surface area contributed by atoms with E-state index in [1.54, 1.807) is 0 Å². The third kappa shape index (κ3) is 4.75. The first kappa shape index (κ1) is 11.9. The summed E-state index contributed by atoms with van der Waals surface area (Å²) in [4.78, 5) is 14.5. The molecule has 0 bridgehead atoms. The van der Waals surface area contributed by atoms with E-state index in [2.05, 4.69) is 10.3 Å². The van der Waals surface area contributed by atoms with Crippen molar-refractivity contribution in [1.29, 1.82) is 0 Å². The third-order valence-electron chi connectivity index (χ3n) is 1.80. The minimum absolute atomic E-state index is 0.189. The number of nitrogens with one attached hydrogen (secondary N) is 1. The van der Waals surface area contributed by atoms with Crippen LogP contribution in [-0.4, -0.2) is 29.1 Å². The Labute approximate surface area is 92.3 Å². The van der Waals surface area contributed by atoms with Crippen molar-refractivity contribution >= 4 is 22.4 Å². The van der Waals surface area contributed by atoms with Gasteiger partial charge in [-0.25, -0.2) is 4.98 Å². The van der Waals surface area contributed by atoms with E-state index in [0.717, 1.165) is 17.2 Å². The fraction of sp³-hybridized carbons (Fsp3) is 0.556. The molecule has 0 aromatic carbocycles. The number of nitrogens with zero attached hydrogens (tertiary/aromatic N) is 1. The Kier molecular flexibility index (Phi) is 5.06. The predicted molar refractivity (Wildman–Crippen MR) is 60.2 cm³/mol. The van der Waals surface area contributed by atoms with E-state index in [1.165, 1.54) is 11.3 Å². The molecule has 0 spiro atoms. The number of thiazole rings is 1. The summed E-state index contributed by atoms with van der Waals surface area (Å²) >= 11 is 1.52. The second-order valence-corrected chi connectivity index (χ2v) is 3.96. The fourth-order valence-electron chi connectivity index (χ4n) is 1.09. The predicted octanol–water partition coefficient (Wildman–Crippen LogP) is 0.921. The summed E-state index contributed by atoms with van der Waals surface area (Å²) in [5.74, 6) is -0.764. The van der Waals surface area contributed by atoms with E-state index in [1.807, 2.05) is 5.38 Å². The topological polar surface area (TPSA) is 88.2 Å². The maximum atomic E-state index is 10.2. The van der Waals surface area contributed by atoms with Crippen molar-refractivity contribution in [1.82, 2.24) is 4.98 Å². The zero-order valence-electron chi connectivity index (χ0n) is 8.40. The molecule has 1 rings (SSSR count). The first-order valence-electron chi connectivity index (χ1n) is 4.82. The molecule has 0 aliphatic carbocycles. The average Bonchev–Trinajstić information content (AvgIpc) is 2.61. The van der Waals surface area contributed by atoms with Crippen LogP contribution in [0.3, 0.4) is 0 Å². The fourth-order valence-corrected chi connectivity index (χ4v) is 1.86. The van der Waals surface area contributed by atoms with Crippen molar-refractivity contribution < 1.29 is 9.90 Å². The molecule has 1 aromatic heterocycles. The number of rotatable bonds is 7. The van der Waals surface area contributed by atoms with E-state index in [4.69, 9.17) is 10.8 Å². The highest BCUT2D eigenvalue weighted by molar-refractivity contribution is 7.13. The molecular weight excluding hydrogens is 214 g/mol. The first-order valence-corrected chi connectivity index (χ1v) is 5.70. The molecule has 6 heteroatoms. The second kappa shape index (κ2) is 6.36. The molecule has 5 nitrogen and oxygen atoms in total. The number of carbonyl (C=O) groups is 1. The summed E-state index contributed by atoms with van der Waals surface area (Å²) in [6.45, 7) is 1.24. The van der Waals surface area contributed by atoms with Crippen LogP contribution in [-0.2, 0) is 11.2 Å².